The Morgan fingerprint density at radius 1 is 1.83 bits per heavy atom. The fourth-order valence-electron chi connectivity index (χ4n) is 1.17. The standard InChI is InChI=1S/C6H10N2O4/c7-4(6(9)10)1-3-2-5(3)8(11)12/h3-5H,1-2,7H2,(H,9,10). The number of nitro groups is 1. The van der Waals surface area contributed by atoms with E-state index in [4.69, 9.17) is 10.8 Å². The van der Waals surface area contributed by atoms with Gasteiger partial charge in [0.25, 0.3) is 0 Å². The molecule has 0 saturated heterocycles. The monoisotopic (exact) mass is 174 g/mol. The van der Waals surface area contributed by atoms with Crippen molar-refractivity contribution in [3.05, 3.63) is 10.1 Å². The lowest BCUT2D eigenvalue weighted by Crippen LogP contribution is -2.31. The quantitative estimate of drug-likeness (QED) is 0.439. The van der Waals surface area contributed by atoms with Crippen molar-refractivity contribution in [2.45, 2.75) is 24.9 Å². The Balaban J connectivity index is 2.27. The molecular weight excluding hydrogens is 164 g/mol. The summed E-state index contributed by atoms with van der Waals surface area (Å²) in [7, 11) is 0. The van der Waals surface area contributed by atoms with Crippen LogP contribution in [-0.2, 0) is 4.79 Å². The van der Waals surface area contributed by atoms with Crippen LogP contribution in [0.25, 0.3) is 0 Å². The number of nitrogens with two attached hydrogens (primary N) is 1. The van der Waals surface area contributed by atoms with Gasteiger partial charge in [-0.3, -0.25) is 14.9 Å². The summed E-state index contributed by atoms with van der Waals surface area (Å²) in [6, 6.07) is -1.52. The zero-order valence-corrected chi connectivity index (χ0v) is 6.34. The Morgan fingerprint density at radius 3 is 2.75 bits per heavy atom. The molecule has 0 heterocycles. The molecule has 0 radical (unpaired) electrons. The highest BCUT2D eigenvalue weighted by Gasteiger charge is 2.49. The molecule has 0 aromatic rings. The summed E-state index contributed by atoms with van der Waals surface area (Å²) >= 11 is 0. The van der Waals surface area contributed by atoms with Gasteiger partial charge in [-0.05, 0) is 6.42 Å². The molecule has 1 aliphatic rings. The molecule has 12 heavy (non-hydrogen) atoms. The van der Waals surface area contributed by atoms with Crippen molar-refractivity contribution in [1.82, 2.24) is 0 Å². The highest BCUT2D eigenvalue weighted by atomic mass is 16.6. The molecule has 1 fully saturated rings. The van der Waals surface area contributed by atoms with E-state index in [1.807, 2.05) is 0 Å². The molecule has 0 amide bonds. The molecule has 1 aliphatic carbocycles. The molecule has 68 valence electrons. The van der Waals surface area contributed by atoms with Crippen LogP contribution in [0.1, 0.15) is 12.8 Å². The van der Waals surface area contributed by atoms with Crippen LogP contribution in [0.15, 0.2) is 0 Å². The first-order valence-electron chi connectivity index (χ1n) is 3.64. The molecule has 0 aliphatic heterocycles. The minimum Gasteiger partial charge on any atom is -0.480 e. The highest BCUT2D eigenvalue weighted by molar-refractivity contribution is 5.73. The number of hydrogen-bond acceptors (Lipinski definition) is 4. The molecule has 0 bridgehead atoms. The zero-order chi connectivity index (χ0) is 9.30. The fourth-order valence-corrected chi connectivity index (χ4v) is 1.17. The van der Waals surface area contributed by atoms with Gasteiger partial charge in [-0.25, -0.2) is 0 Å². The predicted molar refractivity (Wildman–Crippen MR) is 39.1 cm³/mol. The van der Waals surface area contributed by atoms with Gasteiger partial charge in [-0.15, -0.1) is 0 Å². The number of nitrogens with zero attached hydrogens (tertiary/aromatic N) is 1. The second-order valence-electron chi connectivity index (χ2n) is 3.03. The van der Waals surface area contributed by atoms with Gasteiger partial charge in [0.15, 0.2) is 0 Å². The summed E-state index contributed by atoms with van der Waals surface area (Å²) in [4.78, 5) is 20.0. The Bertz CT molecular complexity index is 218. The minimum absolute atomic E-state index is 0.133. The van der Waals surface area contributed by atoms with Crippen LogP contribution >= 0.6 is 0 Å². The van der Waals surface area contributed by atoms with Crippen LogP contribution in [0.5, 0.6) is 0 Å². The lowest BCUT2D eigenvalue weighted by Gasteiger charge is -2.02. The van der Waals surface area contributed by atoms with Crippen LogP contribution in [0, 0.1) is 16.0 Å². The van der Waals surface area contributed by atoms with E-state index in [-0.39, 0.29) is 17.3 Å². The zero-order valence-electron chi connectivity index (χ0n) is 6.34. The number of hydrogen-bond donors (Lipinski definition) is 2. The minimum atomic E-state index is -1.09. The van der Waals surface area contributed by atoms with Gasteiger partial charge in [-0.1, -0.05) is 0 Å². The maximum Gasteiger partial charge on any atom is 0.320 e. The number of carboxylic acids is 1. The van der Waals surface area contributed by atoms with Crippen LogP contribution in [-0.4, -0.2) is 28.1 Å². The summed E-state index contributed by atoms with van der Waals surface area (Å²) in [5.41, 5.74) is 5.20. The van der Waals surface area contributed by atoms with Gasteiger partial charge in [0.2, 0.25) is 6.04 Å². The third-order valence-corrected chi connectivity index (χ3v) is 2.03. The largest absolute Gasteiger partial charge is 0.480 e. The Kier molecular flexibility index (Phi) is 2.27. The van der Waals surface area contributed by atoms with Gasteiger partial charge < -0.3 is 10.8 Å². The summed E-state index contributed by atoms with van der Waals surface area (Å²) in [5, 5.41) is 18.5. The van der Waals surface area contributed by atoms with Crippen molar-refractivity contribution in [1.29, 1.82) is 0 Å². The van der Waals surface area contributed by atoms with Gasteiger partial charge in [-0.2, -0.15) is 0 Å². The van der Waals surface area contributed by atoms with Gasteiger partial charge >= 0.3 is 5.97 Å². The third-order valence-electron chi connectivity index (χ3n) is 2.03. The first-order chi connectivity index (χ1) is 5.52. The maximum absolute atomic E-state index is 10.2. The predicted octanol–water partition coefficient (Wildman–Crippen LogP) is -0.546. The van der Waals surface area contributed by atoms with Crippen molar-refractivity contribution >= 4 is 5.97 Å². The molecular formula is C6H10N2O4. The molecule has 0 spiro atoms. The van der Waals surface area contributed by atoms with E-state index in [2.05, 4.69) is 0 Å². The smallest absolute Gasteiger partial charge is 0.320 e. The van der Waals surface area contributed by atoms with Gasteiger partial charge in [0.1, 0.15) is 6.04 Å². The van der Waals surface area contributed by atoms with E-state index in [1.54, 1.807) is 0 Å². The van der Waals surface area contributed by atoms with Crippen molar-refractivity contribution in [2.24, 2.45) is 11.7 Å². The van der Waals surface area contributed by atoms with Crippen molar-refractivity contribution < 1.29 is 14.8 Å². The molecule has 1 rings (SSSR count). The average Bonchev–Trinajstić information content (AvgIpc) is 2.67. The van der Waals surface area contributed by atoms with E-state index in [9.17, 15) is 14.9 Å². The molecule has 3 unspecified atom stereocenters. The Labute approximate surface area is 68.5 Å². The van der Waals surface area contributed by atoms with E-state index < -0.39 is 18.1 Å². The van der Waals surface area contributed by atoms with Crippen molar-refractivity contribution in [3.8, 4) is 0 Å². The Morgan fingerprint density at radius 2 is 2.42 bits per heavy atom. The van der Waals surface area contributed by atoms with Crippen LogP contribution in [0.2, 0.25) is 0 Å². The van der Waals surface area contributed by atoms with Gasteiger partial charge in [0.05, 0.1) is 0 Å². The van der Waals surface area contributed by atoms with E-state index in [1.165, 1.54) is 0 Å². The topological polar surface area (TPSA) is 106 Å². The number of carbonyl (C=O) groups is 1. The second-order valence-corrected chi connectivity index (χ2v) is 3.03. The summed E-state index contributed by atoms with van der Waals surface area (Å²) in [6.07, 6.45) is 0.676. The lowest BCUT2D eigenvalue weighted by atomic mass is 10.1. The van der Waals surface area contributed by atoms with Crippen LogP contribution in [0.3, 0.4) is 0 Å². The first kappa shape index (κ1) is 8.92. The van der Waals surface area contributed by atoms with E-state index in [0.29, 0.717) is 6.42 Å². The highest BCUT2D eigenvalue weighted by Crippen LogP contribution is 2.36. The Hall–Kier alpha value is -1.17. The first-order valence-corrected chi connectivity index (χ1v) is 3.64. The molecule has 3 N–H and O–H groups in total. The van der Waals surface area contributed by atoms with E-state index in [0.717, 1.165) is 0 Å². The third kappa shape index (κ3) is 1.91. The van der Waals surface area contributed by atoms with Gasteiger partial charge in [0, 0.05) is 17.3 Å². The molecule has 3 atom stereocenters. The number of rotatable bonds is 4. The number of carboxylic acid groups (broad SMARTS) is 1. The molecule has 0 aromatic heterocycles. The molecule has 0 aromatic carbocycles. The average molecular weight is 174 g/mol. The number of aliphatic carboxylic acids is 1. The van der Waals surface area contributed by atoms with Crippen LogP contribution in [0.4, 0.5) is 0 Å². The van der Waals surface area contributed by atoms with Crippen LogP contribution < -0.4 is 5.73 Å². The molecule has 1 saturated carbocycles. The SMILES string of the molecule is NC(CC1CC1[N+](=O)[O-])C(=O)O. The normalized spacial score (nSPS) is 29.4. The molecule has 6 nitrogen and oxygen atoms in total. The lowest BCUT2D eigenvalue weighted by molar-refractivity contribution is -0.498. The maximum atomic E-state index is 10.2. The van der Waals surface area contributed by atoms with Crippen molar-refractivity contribution in [3.63, 3.8) is 0 Å². The molecule has 6 heteroatoms. The van der Waals surface area contributed by atoms with E-state index >= 15 is 0 Å². The summed E-state index contributed by atoms with van der Waals surface area (Å²) < 4.78 is 0. The second kappa shape index (κ2) is 3.06. The summed E-state index contributed by atoms with van der Waals surface area (Å²) in [6.45, 7) is 0. The fraction of sp³-hybridized carbons (Fsp3) is 0.833. The van der Waals surface area contributed by atoms with Crippen molar-refractivity contribution in [2.75, 3.05) is 0 Å². The summed E-state index contributed by atoms with van der Waals surface area (Å²) in [5.74, 6) is -1.23.